The van der Waals surface area contributed by atoms with Crippen molar-refractivity contribution in [1.29, 1.82) is 0 Å². The highest BCUT2D eigenvalue weighted by molar-refractivity contribution is 7.99. The molecule has 1 aromatic carbocycles. The van der Waals surface area contributed by atoms with E-state index in [1.54, 1.807) is 24.3 Å². The summed E-state index contributed by atoms with van der Waals surface area (Å²) in [5, 5.41) is 0. The molecule has 16 heavy (non-hydrogen) atoms. The fourth-order valence-electron chi connectivity index (χ4n) is 0.809. The molecule has 0 aliphatic carbocycles. The van der Waals surface area contributed by atoms with Gasteiger partial charge in [-0.05, 0) is 37.6 Å². The highest BCUT2D eigenvalue weighted by atomic mass is 32.2. The van der Waals surface area contributed by atoms with Crippen LogP contribution in [0.15, 0.2) is 24.3 Å². The van der Waals surface area contributed by atoms with Gasteiger partial charge in [0.1, 0.15) is 12.0 Å². The van der Waals surface area contributed by atoms with Crippen molar-refractivity contribution in [2.24, 2.45) is 0 Å². The predicted octanol–water partition coefficient (Wildman–Crippen LogP) is 3.48. The van der Waals surface area contributed by atoms with E-state index in [1.165, 1.54) is 0 Å². The summed E-state index contributed by atoms with van der Waals surface area (Å²) in [5.74, 6) is 0.804. The van der Waals surface area contributed by atoms with Crippen LogP contribution in [0.4, 0.5) is 0 Å². The van der Waals surface area contributed by atoms with Crippen LogP contribution in [-0.2, 0) is 0 Å². The largest absolute Gasteiger partial charge is 0.494 e. The lowest BCUT2D eigenvalue weighted by Gasteiger charge is -2.00. The summed E-state index contributed by atoms with van der Waals surface area (Å²) in [4.78, 5) is 10.2. The van der Waals surface area contributed by atoms with Gasteiger partial charge in [-0.25, -0.2) is 0 Å². The zero-order chi connectivity index (χ0) is 12.4. The summed E-state index contributed by atoms with van der Waals surface area (Å²) >= 11 is 7.92. The Bertz CT molecular complexity index is 284. The molecule has 0 amide bonds. The standard InChI is InChI=1S/C9H10O2.C3H8S2/c1-2-11-9-5-3-8(7-10)4-6-9;1-2-3(4)5/h3-7H,2H2,1H3;3-5H,2H2,1H3. The molecule has 0 unspecified atom stereocenters. The van der Waals surface area contributed by atoms with E-state index >= 15 is 0 Å². The molecule has 0 radical (unpaired) electrons. The third-order valence-corrected chi connectivity index (χ3v) is 2.42. The first-order chi connectivity index (χ1) is 7.63. The number of carbonyl (C=O) groups is 1. The van der Waals surface area contributed by atoms with Crippen LogP contribution in [-0.4, -0.2) is 17.5 Å². The van der Waals surface area contributed by atoms with E-state index in [1.807, 2.05) is 13.8 Å². The van der Waals surface area contributed by atoms with Gasteiger partial charge in [0, 0.05) is 10.1 Å². The summed E-state index contributed by atoms with van der Waals surface area (Å²) in [7, 11) is 0. The number of rotatable bonds is 4. The second-order valence-electron chi connectivity index (χ2n) is 3.01. The molecule has 0 spiro atoms. The third-order valence-electron chi connectivity index (χ3n) is 1.69. The topological polar surface area (TPSA) is 26.3 Å². The first-order valence-electron chi connectivity index (χ1n) is 5.18. The van der Waals surface area contributed by atoms with Gasteiger partial charge in [-0.15, -0.1) is 0 Å². The van der Waals surface area contributed by atoms with Crippen LogP contribution in [0.2, 0.25) is 0 Å². The van der Waals surface area contributed by atoms with Gasteiger partial charge in [0.05, 0.1) is 6.61 Å². The van der Waals surface area contributed by atoms with Crippen molar-refractivity contribution in [3.63, 3.8) is 0 Å². The van der Waals surface area contributed by atoms with E-state index in [4.69, 9.17) is 4.74 Å². The molecule has 0 aliphatic heterocycles. The van der Waals surface area contributed by atoms with Gasteiger partial charge in [-0.1, -0.05) is 6.92 Å². The lowest BCUT2D eigenvalue weighted by molar-refractivity contribution is 0.112. The summed E-state index contributed by atoms with van der Waals surface area (Å²) < 4.78 is 5.46. The fraction of sp³-hybridized carbons (Fsp3) is 0.417. The Kier molecular flexibility index (Phi) is 9.24. The Hall–Kier alpha value is -0.610. The monoisotopic (exact) mass is 258 g/mol. The Labute approximate surface area is 108 Å². The first-order valence-corrected chi connectivity index (χ1v) is 6.21. The Morgan fingerprint density at radius 2 is 1.75 bits per heavy atom. The van der Waals surface area contributed by atoms with Crippen molar-refractivity contribution in [3.8, 4) is 5.75 Å². The molecule has 0 heterocycles. The van der Waals surface area contributed by atoms with Crippen molar-refractivity contribution in [2.45, 2.75) is 24.9 Å². The second-order valence-corrected chi connectivity index (χ2v) is 4.66. The van der Waals surface area contributed by atoms with Gasteiger partial charge < -0.3 is 4.74 Å². The minimum absolute atomic E-state index is 0.273. The van der Waals surface area contributed by atoms with E-state index in [2.05, 4.69) is 25.3 Å². The molecule has 1 rings (SSSR count). The number of aldehydes is 1. The normalized spacial score (nSPS) is 9.31. The number of hydrogen-bond donors (Lipinski definition) is 2. The number of carbonyl (C=O) groups excluding carboxylic acids is 1. The third kappa shape index (κ3) is 7.65. The molecule has 0 atom stereocenters. The van der Waals surface area contributed by atoms with Crippen LogP contribution >= 0.6 is 25.3 Å². The fourth-order valence-corrected chi connectivity index (χ4v) is 0.809. The van der Waals surface area contributed by atoms with Crippen LogP contribution in [0.5, 0.6) is 5.75 Å². The number of thiol groups is 2. The van der Waals surface area contributed by atoms with Gasteiger partial charge in [-0.2, -0.15) is 25.3 Å². The highest BCUT2D eigenvalue weighted by Crippen LogP contribution is 2.10. The minimum atomic E-state index is 0.273. The van der Waals surface area contributed by atoms with Crippen molar-refractivity contribution in [2.75, 3.05) is 6.61 Å². The molecule has 2 nitrogen and oxygen atoms in total. The maximum absolute atomic E-state index is 10.2. The van der Waals surface area contributed by atoms with Gasteiger partial charge >= 0.3 is 0 Å². The van der Waals surface area contributed by atoms with Gasteiger partial charge in [0.15, 0.2) is 0 Å². The molecule has 0 saturated heterocycles. The van der Waals surface area contributed by atoms with E-state index in [0.717, 1.165) is 18.5 Å². The average molecular weight is 258 g/mol. The van der Waals surface area contributed by atoms with Crippen LogP contribution in [0.1, 0.15) is 30.6 Å². The van der Waals surface area contributed by atoms with Gasteiger partial charge in [0.25, 0.3) is 0 Å². The zero-order valence-corrected chi connectivity index (χ0v) is 11.4. The number of hydrogen-bond acceptors (Lipinski definition) is 4. The van der Waals surface area contributed by atoms with Crippen molar-refractivity contribution < 1.29 is 9.53 Å². The highest BCUT2D eigenvalue weighted by Gasteiger charge is 1.91. The molecule has 0 saturated carbocycles. The van der Waals surface area contributed by atoms with E-state index < -0.39 is 0 Å². The summed E-state index contributed by atoms with van der Waals surface area (Å²) in [6.45, 7) is 4.62. The average Bonchev–Trinajstić information content (AvgIpc) is 2.31. The zero-order valence-electron chi connectivity index (χ0n) is 9.59. The molecule has 1 aromatic rings. The van der Waals surface area contributed by atoms with Crippen LogP contribution in [0.25, 0.3) is 0 Å². The molecule has 0 N–H and O–H groups in total. The van der Waals surface area contributed by atoms with E-state index in [-0.39, 0.29) is 4.58 Å². The quantitative estimate of drug-likeness (QED) is 0.491. The van der Waals surface area contributed by atoms with E-state index in [9.17, 15) is 4.79 Å². The summed E-state index contributed by atoms with van der Waals surface area (Å²) in [6, 6.07) is 7.04. The second kappa shape index (κ2) is 9.60. The Balaban J connectivity index is 0.000000385. The molecule has 4 heteroatoms. The molecular formula is C12H18O2S2. The lowest BCUT2D eigenvalue weighted by Crippen LogP contribution is -1.90. The maximum atomic E-state index is 10.2. The van der Waals surface area contributed by atoms with Gasteiger partial charge in [0.2, 0.25) is 0 Å². The lowest BCUT2D eigenvalue weighted by atomic mass is 10.2. The molecule has 0 aromatic heterocycles. The molecular weight excluding hydrogens is 240 g/mol. The van der Waals surface area contributed by atoms with Gasteiger partial charge in [-0.3, -0.25) is 4.79 Å². The molecule has 90 valence electrons. The van der Waals surface area contributed by atoms with E-state index in [0.29, 0.717) is 12.2 Å². The summed E-state index contributed by atoms with van der Waals surface area (Å²) in [5.41, 5.74) is 0.674. The number of benzene rings is 1. The van der Waals surface area contributed by atoms with Crippen molar-refractivity contribution >= 4 is 31.5 Å². The summed E-state index contributed by atoms with van der Waals surface area (Å²) in [6.07, 6.45) is 1.85. The molecule has 0 aliphatic rings. The van der Waals surface area contributed by atoms with Crippen LogP contribution in [0, 0.1) is 0 Å². The van der Waals surface area contributed by atoms with Crippen LogP contribution < -0.4 is 4.74 Å². The Morgan fingerprint density at radius 1 is 1.25 bits per heavy atom. The van der Waals surface area contributed by atoms with Crippen molar-refractivity contribution in [1.82, 2.24) is 0 Å². The minimum Gasteiger partial charge on any atom is -0.494 e. The molecule has 0 fully saturated rings. The van der Waals surface area contributed by atoms with Crippen molar-refractivity contribution in [3.05, 3.63) is 29.8 Å². The molecule has 0 bridgehead atoms. The predicted molar refractivity (Wildman–Crippen MR) is 75.0 cm³/mol. The van der Waals surface area contributed by atoms with Crippen LogP contribution in [0.3, 0.4) is 0 Å². The Morgan fingerprint density at radius 3 is 2.06 bits per heavy atom. The number of ether oxygens (including phenoxy) is 1. The SMILES string of the molecule is CCC(S)S.CCOc1ccc(C=O)cc1. The smallest absolute Gasteiger partial charge is 0.150 e. The maximum Gasteiger partial charge on any atom is 0.150 e. The first kappa shape index (κ1) is 15.4.